The molecule has 4 aliphatic rings. The van der Waals surface area contributed by atoms with Gasteiger partial charge in [0.05, 0.1) is 0 Å². The first-order valence-electron chi connectivity index (χ1n) is 11.4. The van der Waals surface area contributed by atoms with Gasteiger partial charge in [0.25, 0.3) is 0 Å². The van der Waals surface area contributed by atoms with Crippen molar-refractivity contribution in [2.24, 2.45) is 0 Å². The monoisotopic (exact) mass is 430 g/mol. The Kier molecular flexibility index (Phi) is 5.09. The standard InChI is InChI=1S/C31H26O2/c1-18(2)21-15-14-19(3)29-26(20(4)32)17-28(27(29)16-21)31(33)30-24-12-7-5-6-10-22(24)23-11-8-9-13-25(23)30/h5-18H,1-4H3. The van der Waals surface area contributed by atoms with Gasteiger partial charge >= 0.3 is 0 Å². The molecule has 0 bridgehead atoms. The Morgan fingerprint density at radius 3 is 2.06 bits per heavy atom. The average molecular weight is 431 g/mol. The van der Waals surface area contributed by atoms with Crippen LogP contribution in [0.4, 0.5) is 0 Å². The van der Waals surface area contributed by atoms with Crippen LogP contribution in [-0.4, -0.2) is 11.6 Å². The summed E-state index contributed by atoms with van der Waals surface area (Å²) in [6.45, 7) is 7.88. The third-order valence-electron chi connectivity index (χ3n) is 6.66. The molecular weight excluding hydrogens is 404 g/mol. The Balaban J connectivity index is 1.85. The highest BCUT2D eigenvalue weighted by Gasteiger charge is 2.29. The molecule has 0 saturated carbocycles. The molecule has 2 heteroatoms. The summed E-state index contributed by atoms with van der Waals surface area (Å²) >= 11 is 0. The molecule has 0 saturated heterocycles. The molecule has 0 radical (unpaired) electrons. The van der Waals surface area contributed by atoms with Crippen LogP contribution in [0.25, 0.3) is 33.0 Å². The Morgan fingerprint density at radius 1 is 0.697 bits per heavy atom. The molecule has 0 fully saturated rings. The Labute approximate surface area is 194 Å². The fraction of sp³-hybridized carbons (Fsp3) is 0.161. The summed E-state index contributed by atoms with van der Waals surface area (Å²) in [7, 11) is 0. The predicted octanol–water partition coefficient (Wildman–Crippen LogP) is 7.91. The van der Waals surface area contributed by atoms with Crippen molar-refractivity contribution in [3.05, 3.63) is 107 Å². The van der Waals surface area contributed by atoms with Crippen LogP contribution >= 0.6 is 0 Å². The minimum atomic E-state index is -0.0368. The minimum Gasteiger partial charge on any atom is -0.294 e. The Bertz CT molecular complexity index is 1490. The van der Waals surface area contributed by atoms with Crippen molar-refractivity contribution in [2.45, 2.75) is 33.6 Å². The van der Waals surface area contributed by atoms with Crippen molar-refractivity contribution < 1.29 is 9.59 Å². The molecular formula is C31H26O2. The van der Waals surface area contributed by atoms with Gasteiger partial charge in [-0.15, -0.1) is 0 Å². The number of benzene rings is 1. The van der Waals surface area contributed by atoms with Crippen LogP contribution in [0.1, 0.15) is 64.1 Å². The molecule has 0 aliphatic heterocycles. The summed E-state index contributed by atoms with van der Waals surface area (Å²) in [4.78, 5) is 26.9. The van der Waals surface area contributed by atoms with Gasteiger partial charge in [-0.05, 0) is 70.0 Å². The highest BCUT2D eigenvalue weighted by Crippen LogP contribution is 2.43. The maximum atomic E-state index is 14.3. The maximum absolute atomic E-state index is 14.3. The number of hydrogen-bond acceptors (Lipinski definition) is 2. The molecule has 0 amide bonds. The predicted molar refractivity (Wildman–Crippen MR) is 136 cm³/mol. The van der Waals surface area contributed by atoms with Crippen LogP contribution in [0.15, 0.2) is 78.9 Å². The molecule has 0 aromatic heterocycles. The number of carbonyl (C=O) groups excluding carboxylic acids is 2. The SMILES string of the molecule is CC(=O)c1cc(C(=O)c2c3cccccc-3c3ccccc23)c2cc(C(C)C)ccc(C)c1-2. The fourth-order valence-electron chi connectivity index (χ4n) is 4.95. The lowest BCUT2D eigenvalue weighted by atomic mass is 9.95. The zero-order valence-corrected chi connectivity index (χ0v) is 19.4. The second kappa shape index (κ2) is 7.97. The van der Waals surface area contributed by atoms with Crippen LogP contribution in [0.2, 0.25) is 0 Å². The van der Waals surface area contributed by atoms with Gasteiger partial charge in [-0.25, -0.2) is 0 Å². The molecule has 1 aromatic rings. The topological polar surface area (TPSA) is 34.1 Å². The van der Waals surface area contributed by atoms with E-state index in [1.54, 1.807) is 6.92 Å². The summed E-state index contributed by atoms with van der Waals surface area (Å²) < 4.78 is 0. The van der Waals surface area contributed by atoms with Crippen molar-refractivity contribution in [3.63, 3.8) is 0 Å². The van der Waals surface area contributed by atoms with Gasteiger partial charge in [0.2, 0.25) is 0 Å². The lowest BCUT2D eigenvalue weighted by molar-refractivity contribution is 0.101. The largest absolute Gasteiger partial charge is 0.294 e. The molecule has 0 spiro atoms. The summed E-state index contributed by atoms with van der Waals surface area (Å²) in [5, 5.41) is 2.02. The molecule has 33 heavy (non-hydrogen) atoms. The smallest absolute Gasteiger partial charge is 0.194 e. The first-order chi connectivity index (χ1) is 15.9. The van der Waals surface area contributed by atoms with E-state index in [2.05, 4.69) is 44.2 Å². The van der Waals surface area contributed by atoms with Crippen LogP contribution in [0, 0.1) is 6.92 Å². The van der Waals surface area contributed by atoms with Gasteiger partial charge < -0.3 is 0 Å². The zero-order valence-electron chi connectivity index (χ0n) is 19.4. The Morgan fingerprint density at radius 2 is 1.36 bits per heavy atom. The van der Waals surface area contributed by atoms with E-state index in [1.807, 2.05) is 55.5 Å². The molecule has 2 nitrogen and oxygen atoms in total. The van der Waals surface area contributed by atoms with E-state index >= 15 is 0 Å². The summed E-state index contributed by atoms with van der Waals surface area (Å²) in [5.41, 5.74) is 7.80. The van der Waals surface area contributed by atoms with E-state index in [-0.39, 0.29) is 11.6 Å². The second-order valence-corrected chi connectivity index (χ2v) is 9.12. The summed E-state index contributed by atoms with van der Waals surface area (Å²) in [5.74, 6) is 0.242. The molecule has 0 heterocycles. The summed E-state index contributed by atoms with van der Waals surface area (Å²) in [6.07, 6.45) is 0. The van der Waals surface area contributed by atoms with E-state index < -0.39 is 0 Å². The fourth-order valence-corrected chi connectivity index (χ4v) is 4.95. The van der Waals surface area contributed by atoms with E-state index in [1.165, 1.54) is 0 Å². The van der Waals surface area contributed by atoms with Gasteiger partial charge in [-0.3, -0.25) is 9.59 Å². The van der Waals surface area contributed by atoms with Crippen molar-refractivity contribution in [1.29, 1.82) is 0 Å². The van der Waals surface area contributed by atoms with E-state index in [0.717, 1.165) is 44.2 Å². The van der Waals surface area contributed by atoms with E-state index in [0.29, 0.717) is 22.6 Å². The van der Waals surface area contributed by atoms with Crippen LogP contribution in [0.3, 0.4) is 0 Å². The first kappa shape index (κ1) is 21.1. The van der Waals surface area contributed by atoms with Crippen molar-refractivity contribution in [3.8, 4) is 22.3 Å². The van der Waals surface area contributed by atoms with E-state index in [4.69, 9.17) is 0 Å². The van der Waals surface area contributed by atoms with Crippen LogP contribution in [0.5, 0.6) is 0 Å². The molecule has 5 rings (SSSR count). The van der Waals surface area contributed by atoms with Gasteiger partial charge in [-0.1, -0.05) is 86.6 Å². The lowest BCUT2D eigenvalue weighted by Gasteiger charge is -2.07. The van der Waals surface area contributed by atoms with Gasteiger partial charge in [0.15, 0.2) is 11.6 Å². The normalized spacial score (nSPS) is 11.5. The number of aryl methyl sites for hydroxylation is 1. The maximum Gasteiger partial charge on any atom is 0.194 e. The van der Waals surface area contributed by atoms with Gasteiger partial charge in [-0.2, -0.15) is 0 Å². The molecule has 1 aromatic carbocycles. The van der Waals surface area contributed by atoms with Crippen molar-refractivity contribution >= 4 is 22.3 Å². The number of fused-ring (bicyclic) bond motifs is 4. The zero-order chi connectivity index (χ0) is 23.3. The van der Waals surface area contributed by atoms with Crippen LogP contribution in [-0.2, 0) is 0 Å². The second-order valence-electron chi connectivity index (χ2n) is 9.12. The first-order valence-corrected chi connectivity index (χ1v) is 11.4. The molecule has 0 unspecified atom stereocenters. The van der Waals surface area contributed by atoms with E-state index in [9.17, 15) is 9.59 Å². The van der Waals surface area contributed by atoms with Crippen molar-refractivity contribution in [2.75, 3.05) is 0 Å². The van der Waals surface area contributed by atoms with Crippen molar-refractivity contribution in [1.82, 2.24) is 0 Å². The number of hydrogen-bond donors (Lipinski definition) is 0. The highest BCUT2D eigenvalue weighted by molar-refractivity contribution is 6.27. The molecule has 4 aliphatic carbocycles. The van der Waals surface area contributed by atoms with Gasteiger partial charge in [0.1, 0.15) is 0 Å². The van der Waals surface area contributed by atoms with Gasteiger partial charge in [0, 0.05) is 16.7 Å². The number of ketones is 2. The number of Topliss-reactive ketones (excluding diaryl/α,β-unsaturated/α-hetero) is 1. The average Bonchev–Trinajstić information content (AvgIpc) is 3.13. The summed E-state index contributed by atoms with van der Waals surface area (Å²) in [6, 6.07) is 26.2. The quantitative estimate of drug-likeness (QED) is 0.271. The molecule has 0 N–H and O–H groups in total. The van der Waals surface area contributed by atoms with Crippen LogP contribution < -0.4 is 0 Å². The lowest BCUT2D eigenvalue weighted by Crippen LogP contribution is -2.02. The number of carbonyl (C=O) groups is 2. The third kappa shape index (κ3) is 3.34. The third-order valence-corrected chi connectivity index (χ3v) is 6.66. The number of rotatable bonds is 4. The molecule has 0 atom stereocenters. The molecule has 162 valence electrons. The minimum absolute atomic E-state index is 0.0249. The Hall–Kier alpha value is -3.78. The highest BCUT2D eigenvalue weighted by atomic mass is 16.1.